The molecule has 0 aromatic heterocycles. The molecule has 3 aliphatic carbocycles. The van der Waals surface area contributed by atoms with E-state index in [2.05, 4.69) is 22.6 Å². The van der Waals surface area contributed by atoms with Crippen LogP contribution in [0.4, 0.5) is 0 Å². The van der Waals surface area contributed by atoms with Crippen LogP contribution in [-0.4, -0.2) is 76.1 Å². The van der Waals surface area contributed by atoms with Gasteiger partial charge in [-0.25, -0.2) is 0 Å². The van der Waals surface area contributed by atoms with E-state index in [0.29, 0.717) is 16.9 Å². The molecule has 4 rings (SSSR count). The van der Waals surface area contributed by atoms with Crippen LogP contribution >= 0.6 is 34.4 Å². The molecule has 0 bridgehead atoms. The van der Waals surface area contributed by atoms with Gasteiger partial charge in [0.2, 0.25) is 5.91 Å². The summed E-state index contributed by atoms with van der Waals surface area (Å²) < 4.78 is 0.781. The monoisotopic (exact) mass is 600 g/mol. The van der Waals surface area contributed by atoms with Crippen LogP contribution in [0, 0.1) is 27.2 Å². The number of aliphatic hydroxyl groups is 1. The summed E-state index contributed by atoms with van der Waals surface area (Å²) in [7, 11) is 3.12. The molecule has 0 heterocycles. The van der Waals surface area contributed by atoms with Gasteiger partial charge in [-0.05, 0) is 73.3 Å². The largest absolute Gasteiger partial charge is 0.507 e. The molecule has 1 aromatic carbocycles. The number of fused-ring (bicyclic) bond motifs is 3. The summed E-state index contributed by atoms with van der Waals surface area (Å²) in [6.45, 7) is 0. The van der Waals surface area contributed by atoms with Crippen molar-refractivity contribution < 1.29 is 34.2 Å². The number of aromatic hydroxyl groups is 1. The van der Waals surface area contributed by atoms with Gasteiger partial charge in [-0.15, -0.1) is 0 Å². The van der Waals surface area contributed by atoms with Crippen molar-refractivity contribution >= 4 is 63.4 Å². The van der Waals surface area contributed by atoms with Crippen LogP contribution in [0.5, 0.6) is 5.75 Å². The smallest absolute Gasteiger partial charge is 0.235 e. The minimum Gasteiger partial charge on any atom is -0.507 e. The quantitative estimate of drug-likeness (QED) is 0.328. The third-order valence-electron chi connectivity index (χ3n) is 7.39. The van der Waals surface area contributed by atoms with E-state index in [1.807, 2.05) is 12.3 Å². The van der Waals surface area contributed by atoms with Gasteiger partial charge >= 0.3 is 0 Å². The maximum absolute atomic E-state index is 13.7. The first-order valence-electron chi connectivity index (χ1n) is 10.7. The van der Waals surface area contributed by atoms with E-state index in [4.69, 9.17) is 5.73 Å². The van der Waals surface area contributed by atoms with E-state index in [1.54, 1.807) is 14.1 Å². The number of nitrogens with zero attached hydrogens (tertiary/aromatic N) is 1. The summed E-state index contributed by atoms with van der Waals surface area (Å²) in [6.07, 6.45) is 2.18. The van der Waals surface area contributed by atoms with Crippen molar-refractivity contribution in [2.24, 2.45) is 29.4 Å². The standard InChI is InChI=1S/C23H25IN2O7S/c1-26(2)16-11-5-8-4-10-12(24)6-9(7-34-3)17(27)14(10)18(28)13(8)20(30)23(11,33)21(31)15(19(16)29)22(25)32/h6,8,11,13,15-16,27,33H,4-5,7H2,1-3H3,(H2,25,32)/t8-,11-,13?,15?,16?,23-/m0/s1. The Morgan fingerprint density at radius 2 is 1.91 bits per heavy atom. The maximum atomic E-state index is 13.7. The van der Waals surface area contributed by atoms with Crippen molar-refractivity contribution in [3.63, 3.8) is 0 Å². The van der Waals surface area contributed by atoms with Crippen LogP contribution < -0.4 is 5.73 Å². The van der Waals surface area contributed by atoms with Gasteiger partial charge in [-0.3, -0.25) is 28.9 Å². The van der Waals surface area contributed by atoms with Crippen molar-refractivity contribution in [1.82, 2.24) is 4.90 Å². The second kappa shape index (κ2) is 8.68. The fraction of sp³-hybridized carbons (Fsp3) is 0.522. The fourth-order valence-corrected chi connectivity index (χ4v) is 7.34. The second-order valence-electron chi connectivity index (χ2n) is 9.44. The summed E-state index contributed by atoms with van der Waals surface area (Å²) in [4.78, 5) is 67.1. The average Bonchev–Trinajstić information content (AvgIpc) is 2.74. The van der Waals surface area contributed by atoms with Gasteiger partial charge in [0.15, 0.2) is 34.7 Å². The van der Waals surface area contributed by atoms with E-state index in [-0.39, 0.29) is 24.2 Å². The topological polar surface area (TPSA) is 155 Å². The number of ketones is 4. The molecule has 1 aromatic rings. The van der Waals surface area contributed by atoms with Crippen LogP contribution in [-0.2, 0) is 31.4 Å². The highest BCUT2D eigenvalue weighted by Crippen LogP contribution is 2.51. The highest BCUT2D eigenvalue weighted by Gasteiger charge is 2.69. The number of amides is 1. The van der Waals surface area contributed by atoms with Gasteiger partial charge < -0.3 is 15.9 Å². The lowest BCUT2D eigenvalue weighted by Crippen LogP contribution is -2.74. The van der Waals surface area contributed by atoms with E-state index in [1.165, 1.54) is 16.7 Å². The number of benzene rings is 1. The molecule has 1 amide bonds. The first-order valence-corrected chi connectivity index (χ1v) is 13.2. The molecule has 0 saturated heterocycles. The van der Waals surface area contributed by atoms with Crippen LogP contribution in [0.25, 0.3) is 0 Å². The lowest BCUT2D eigenvalue weighted by atomic mass is 9.52. The van der Waals surface area contributed by atoms with Crippen LogP contribution in [0.15, 0.2) is 6.07 Å². The number of primary amides is 1. The Morgan fingerprint density at radius 1 is 1.26 bits per heavy atom. The van der Waals surface area contributed by atoms with E-state index in [9.17, 15) is 34.2 Å². The van der Waals surface area contributed by atoms with Crippen molar-refractivity contribution in [3.8, 4) is 5.75 Å². The second-order valence-corrected chi connectivity index (χ2v) is 11.5. The molecule has 182 valence electrons. The maximum Gasteiger partial charge on any atom is 0.235 e. The molecule has 0 radical (unpaired) electrons. The zero-order valence-corrected chi connectivity index (χ0v) is 21.8. The predicted octanol–water partition coefficient (Wildman–Crippen LogP) is 0.335. The molecule has 34 heavy (non-hydrogen) atoms. The van der Waals surface area contributed by atoms with Gasteiger partial charge in [0, 0.05) is 20.8 Å². The number of Topliss-reactive ketones (excluding diaryl/α,β-unsaturated/α-hetero) is 4. The fourth-order valence-electron chi connectivity index (χ4n) is 5.94. The number of hydrogen-bond acceptors (Lipinski definition) is 9. The van der Waals surface area contributed by atoms with Crippen molar-refractivity contribution in [2.45, 2.75) is 30.2 Å². The first-order chi connectivity index (χ1) is 15.9. The molecule has 9 nitrogen and oxygen atoms in total. The molecule has 4 N–H and O–H groups in total. The summed E-state index contributed by atoms with van der Waals surface area (Å²) >= 11 is 3.57. The summed E-state index contributed by atoms with van der Waals surface area (Å²) in [6, 6.07) is 0.714. The highest BCUT2D eigenvalue weighted by atomic mass is 127. The average molecular weight is 600 g/mol. The number of phenols is 1. The van der Waals surface area contributed by atoms with E-state index >= 15 is 0 Å². The van der Waals surface area contributed by atoms with Crippen LogP contribution in [0.1, 0.15) is 27.9 Å². The zero-order valence-electron chi connectivity index (χ0n) is 18.8. The lowest BCUT2D eigenvalue weighted by Gasteiger charge is -2.52. The summed E-state index contributed by atoms with van der Waals surface area (Å²) in [5.41, 5.74) is 3.84. The number of phenolic OH excluding ortho intramolecular Hbond substituents is 1. The van der Waals surface area contributed by atoms with Crippen molar-refractivity contribution in [1.29, 1.82) is 0 Å². The highest BCUT2D eigenvalue weighted by molar-refractivity contribution is 14.1. The molecule has 3 aliphatic rings. The van der Waals surface area contributed by atoms with E-state index < -0.39 is 64.4 Å². The van der Waals surface area contributed by atoms with Crippen molar-refractivity contribution in [2.75, 3.05) is 20.4 Å². The number of rotatable bonds is 4. The van der Waals surface area contributed by atoms with Crippen LogP contribution in [0.3, 0.4) is 0 Å². The van der Waals surface area contributed by atoms with Crippen molar-refractivity contribution in [3.05, 3.63) is 26.3 Å². The molecular weight excluding hydrogens is 575 g/mol. The molecule has 3 unspecified atom stereocenters. The Hall–Kier alpha value is -1.83. The number of carbonyl (C=O) groups excluding carboxylic acids is 5. The van der Waals surface area contributed by atoms with Crippen LogP contribution in [0.2, 0.25) is 0 Å². The molecule has 0 spiro atoms. The Balaban J connectivity index is 1.87. The van der Waals surface area contributed by atoms with Gasteiger partial charge in [0.05, 0.1) is 17.5 Å². The summed E-state index contributed by atoms with van der Waals surface area (Å²) in [5.74, 6) is -9.68. The van der Waals surface area contributed by atoms with Gasteiger partial charge in [0.25, 0.3) is 0 Å². The number of nitrogens with two attached hydrogens (primary N) is 1. The van der Waals surface area contributed by atoms with Gasteiger partial charge in [-0.1, -0.05) is 0 Å². The Labute approximate surface area is 213 Å². The minimum atomic E-state index is -2.70. The Morgan fingerprint density at radius 3 is 2.47 bits per heavy atom. The molecular formula is C23H25IN2O7S. The molecule has 0 aliphatic heterocycles. The predicted molar refractivity (Wildman–Crippen MR) is 131 cm³/mol. The molecule has 6 atom stereocenters. The van der Waals surface area contributed by atoms with Gasteiger partial charge in [0.1, 0.15) is 5.75 Å². The normalized spacial score (nSPS) is 32.9. The molecule has 2 saturated carbocycles. The minimum absolute atomic E-state index is 0.0440. The Kier molecular flexibility index (Phi) is 6.45. The van der Waals surface area contributed by atoms with Gasteiger partial charge in [-0.2, -0.15) is 11.8 Å². The zero-order chi connectivity index (χ0) is 25.3. The molecule has 2 fully saturated rings. The summed E-state index contributed by atoms with van der Waals surface area (Å²) in [5, 5.41) is 22.4. The Bertz CT molecular complexity index is 1150. The SMILES string of the molecule is CSCc1cc(I)c2c(c1O)C(=O)C1C(=O)[C@]3(O)C(=O)C(C(N)=O)C(=O)C(N(C)C)[C@@H]3C[C@@H]1C2. The lowest BCUT2D eigenvalue weighted by molar-refractivity contribution is -0.181. The van der Waals surface area contributed by atoms with E-state index in [0.717, 1.165) is 3.57 Å². The number of hydrogen-bond donors (Lipinski definition) is 3. The number of carbonyl (C=O) groups is 5. The molecule has 11 heteroatoms. The third-order valence-corrected chi connectivity index (χ3v) is 8.95. The number of halogens is 1. The third kappa shape index (κ3) is 3.38. The first kappa shape index (κ1) is 25.3. The number of thioether (sulfide) groups is 1. The number of likely N-dealkylation sites (N-methyl/N-ethyl adjacent to an activating group) is 1.